The number of piperidine rings is 1. The van der Waals surface area contributed by atoms with E-state index in [0.29, 0.717) is 6.54 Å². The average molecular weight is 268 g/mol. The molecule has 0 spiro atoms. The highest BCUT2D eigenvalue weighted by Crippen LogP contribution is 2.14. The second kappa shape index (κ2) is 6.86. The van der Waals surface area contributed by atoms with Gasteiger partial charge >= 0.3 is 0 Å². The molecule has 2 saturated heterocycles. The monoisotopic (exact) mass is 268 g/mol. The van der Waals surface area contributed by atoms with Crippen molar-refractivity contribution in [2.24, 2.45) is 5.92 Å². The molecule has 0 aromatic heterocycles. The van der Waals surface area contributed by atoms with Gasteiger partial charge < -0.3 is 15.5 Å². The van der Waals surface area contributed by atoms with Crippen LogP contribution in [0.3, 0.4) is 0 Å². The van der Waals surface area contributed by atoms with Crippen LogP contribution in [0.5, 0.6) is 0 Å². The lowest BCUT2D eigenvalue weighted by Gasteiger charge is -2.36. The fourth-order valence-corrected chi connectivity index (χ4v) is 2.73. The lowest BCUT2D eigenvalue weighted by molar-refractivity contribution is -0.138. The fraction of sp³-hybridized carbons (Fsp3) is 0.846. The third-order valence-corrected chi connectivity index (χ3v) is 3.98. The number of hydrogen-bond acceptors (Lipinski definition) is 4. The quantitative estimate of drug-likeness (QED) is 0.680. The Morgan fingerprint density at radius 1 is 1.26 bits per heavy atom. The Hall–Kier alpha value is -1.14. The normalized spacial score (nSPS) is 25.1. The molecule has 2 aliphatic heterocycles. The Labute approximate surface area is 114 Å². The zero-order valence-corrected chi connectivity index (χ0v) is 11.7. The van der Waals surface area contributed by atoms with E-state index in [1.54, 1.807) is 7.05 Å². The molecule has 2 fully saturated rings. The summed E-state index contributed by atoms with van der Waals surface area (Å²) in [6.07, 6.45) is 2.09. The number of amides is 2. The van der Waals surface area contributed by atoms with Crippen molar-refractivity contribution >= 4 is 11.8 Å². The zero-order valence-electron chi connectivity index (χ0n) is 11.7. The van der Waals surface area contributed by atoms with E-state index in [-0.39, 0.29) is 17.7 Å². The van der Waals surface area contributed by atoms with Gasteiger partial charge in [0.2, 0.25) is 11.8 Å². The predicted octanol–water partition coefficient (Wildman–Crippen LogP) is -1.12. The van der Waals surface area contributed by atoms with Gasteiger partial charge in [-0.2, -0.15) is 0 Å². The largest absolute Gasteiger partial charge is 0.358 e. The van der Waals surface area contributed by atoms with E-state index in [9.17, 15) is 9.59 Å². The van der Waals surface area contributed by atoms with Crippen molar-refractivity contribution in [3.05, 3.63) is 0 Å². The van der Waals surface area contributed by atoms with Gasteiger partial charge in [-0.25, -0.2) is 0 Å². The van der Waals surface area contributed by atoms with E-state index < -0.39 is 0 Å². The van der Waals surface area contributed by atoms with Gasteiger partial charge in [-0.1, -0.05) is 0 Å². The maximum atomic E-state index is 12.3. The minimum absolute atomic E-state index is 0.0382. The third kappa shape index (κ3) is 3.91. The smallest absolute Gasteiger partial charge is 0.233 e. The highest BCUT2D eigenvalue weighted by atomic mass is 16.2. The van der Waals surface area contributed by atoms with Crippen LogP contribution in [0.1, 0.15) is 12.8 Å². The Bertz CT molecular complexity index is 321. The second-order valence-electron chi connectivity index (χ2n) is 5.32. The number of carbonyl (C=O) groups is 2. The van der Waals surface area contributed by atoms with Crippen molar-refractivity contribution in [3.63, 3.8) is 0 Å². The Kier molecular flexibility index (Phi) is 5.15. The standard InChI is InChI=1S/C13H24N4O2/c1-14-12(18)10-16-5-7-17(8-6-16)13(19)11-3-2-4-15-9-11/h11,15H,2-10H2,1H3,(H,14,18). The minimum atomic E-state index is 0.0382. The van der Waals surface area contributed by atoms with E-state index in [4.69, 9.17) is 0 Å². The molecule has 1 atom stereocenters. The summed E-state index contributed by atoms with van der Waals surface area (Å²) in [5, 5.41) is 5.92. The first-order valence-electron chi connectivity index (χ1n) is 7.13. The lowest BCUT2D eigenvalue weighted by atomic mass is 9.98. The summed E-state index contributed by atoms with van der Waals surface area (Å²) in [5.74, 6) is 0.474. The van der Waals surface area contributed by atoms with E-state index in [1.165, 1.54) is 0 Å². The van der Waals surface area contributed by atoms with E-state index >= 15 is 0 Å². The number of carbonyl (C=O) groups excluding carboxylic acids is 2. The summed E-state index contributed by atoms with van der Waals surface area (Å²) >= 11 is 0. The van der Waals surface area contributed by atoms with Crippen molar-refractivity contribution in [1.29, 1.82) is 0 Å². The van der Waals surface area contributed by atoms with Crippen LogP contribution in [0.2, 0.25) is 0 Å². The average Bonchev–Trinajstić information content (AvgIpc) is 2.48. The van der Waals surface area contributed by atoms with Gasteiger partial charge in [0.15, 0.2) is 0 Å². The van der Waals surface area contributed by atoms with Gasteiger partial charge in [-0.15, -0.1) is 0 Å². The van der Waals surface area contributed by atoms with Crippen LogP contribution >= 0.6 is 0 Å². The fourth-order valence-electron chi connectivity index (χ4n) is 2.73. The van der Waals surface area contributed by atoms with Crippen LogP contribution in [0.25, 0.3) is 0 Å². The second-order valence-corrected chi connectivity index (χ2v) is 5.32. The van der Waals surface area contributed by atoms with Gasteiger partial charge in [0, 0.05) is 39.8 Å². The predicted molar refractivity (Wildman–Crippen MR) is 72.7 cm³/mol. The molecule has 0 saturated carbocycles. The highest BCUT2D eigenvalue weighted by molar-refractivity contribution is 5.79. The van der Waals surface area contributed by atoms with Crippen molar-refractivity contribution in [3.8, 4) is 0 Å². The summed E-state index contributed by atoms with van der Waals surface area (Å²) in [6, 6.07) is 0. The molecule has 0 aromatic rings. The molecular formula is C13H24N4O2. The lowest BCUT2D eigenvalue weighted by Crippen LogP contribution is -2.53. The molecule has 2 aliphatic rings. The molecule has 1 unspecified atom stereocenters. The van der Waals surface area contributed by atoms with Gasteiger partial charge in [-0.3, -0.25) is 14.5 Å². The molecule has 0 aliphatic carbocycles. The molecule has 19 heavy (non-hydrogen) atoms. The van der Waals surface area contributed by atoms with Crippen molar-refractivity contribution < 1.29 is 9.59 Å². The maximum Gasteiger partial charge on any atom is 0.233 e. The van der Waals surface area contributed by atoms with E-state index in [0.717, 1.165) is 52.1 Å². The summed E-state index contributed by atoms with van der Waals surface area (Å²) < 4.78 is 0. The molecule has 108 valence electrons. The molecule has 2 heterocycles. The maximum absolute atomic E-state index is 12.3. The van der Waals surface area contributed by atoms with Crippen molar-refractivity contribution in [2.75, 3.05) is 52.9 Å². The molecule has 6 nitrogen and oxygen atoms in total. The molecule has 2 amide bonds. The molecule has 0 radical (unpaired) electrons. The van der Waals surface area contributed by atoms with Crippen molar-refractivity contribution in [2.45, 2.75) is 12.8 Å². The first kappa shape index (κ1) is 14.3. The summed E-state index contributed by atoms with van der Waals surface area (Å²) in [4.78, 5) is 27.7. The number of likely N-dealkylation sites (N-methyl/N-ethyl adjacent to an activating group) is 1. The van der Waals surface area contributed by atoms with Crippen molar-refractivity contribution in [1.82, 2.24) is 20.4 Å². The molecular weight excluding hydrogens is 244 g/mol. The highest BCUT2D eigenvalue weighted by Gasteiger charge is 2.28. The molecule has 2 N–H and O–H groups in total. The Balaban J connectivity index is 1.76. The number of nitrogens with one attached hydrogen (secondary N) is 2. The van der Waals surface area contributed by atoms with E-state index in [2.05, 4.69) is 15.5 Å². The molecule has 0 aromatic carbocycles. The number of nitrogens with zero attached hydrogens (tertiary/aromatic N) is 2. The number of hydrogen-bond donors (Lipinski definition) is 2. The third-order valence-electron chi connectivity index (χ3n) is 3.98. The first-order valence-corrected chi connectivity index (χ1v) is 7.13. The molecule has 0 bridgehead atoms. The van der Waals surface area contributed by atoms with Gasteiger partial charge in [-0.05, 0) is 19.4 Å². The van der Waals surface area contributed by atoms with Gasteiger partial charge in [0.1, 0.15) is 0 Å². The molecule has 2 rings (SSSR count). The minimum Gasteiger partial charge on any atom is -0.358 e. The molecule has 6 heteroatoms. The van der Waals surface area contributed by atoms with Crippen LogP contribution in [0.15, 0.2) is 0 Å². The summed E-state index contributed by atoms with van der Waals surface area (Å²) in [5.41, 5.74) is 0. The zero-order chi connectivity index (χ0) is 13.7. The van der Waals surface area contributed by atoms with E-state index in [1.807, 2.05) is 4.90 Å². The summed E-state index contributed by atoms with van der Waals surface area (Å²) in [7, 11) is 1.65. The SMILES string of the molecule is CNC(=O)CN1CCN(C(=O)C2CCCNC2)CC1. The Morgan fingerprint density at radius 3 is 2.58 bits per heavy atom. The van der Waals surface area contributed by atoms with Crippen LogP contribution in [0.4, 0.5) is 0 Å². The Morgan fingerprint density at radius 2 is 2.00 bits per heavy atom. The van der Waals surface area contributed by atoms with Crippen LogP contribution < -0.4 is 10.6 Å². The topological polar surface area (TPSA) is 64.7 Å². The first-order chi connectivity index (χ1) is 9.20. The van der Waals surface area contributed by atoms with Crippen LogP contribution in [-0.4, -0.2) is 74.5 Å². The van der Waals surface area contributed by atoms with Gasteiger partial charge in [0.25, 0.3) is 0 Å². The summed E-state index contributed by atoms with van der Waals surface area (Å²) in [6.45, 7) is 5.35. The number of piperazine rings is 1. The van der Waals surface area contributed by atoms with Crippen LogP contribution in [0, 0.1) is 5.92 Å². The van der Waals surface area contributed by atoms with Gasteiger partial charge in [0.05, 0.1) is 12.5 Å². The number of rotatable bonds is 3. The van der Waals surface area contributed by atoms with Crippen LogP contribution in [-0.2, 0) is 9.59 Å².